The number of rotatable bonds is 5. The van der Waals surface area contributed by atoms with Crippen LogP contribution in [0.15, 0.2) is 77.8 Å². The van der Waals surface area contributed by atoms with Gasteiger partial charge in [-0.1, -0.05) is 60.7 Å². The number of aliphatic imine (C=N–C) groups is 1. The standard InChI is InChI=1S/C26H23FN4O2/c27-20-12-5-4-10-18(20)22-19-11-6-9-17-13-14-31(23(17)19)26(33)24(29-22)30-25(32)21(28)15-16-7-2-1-3-8-16/h1-12,21,24H,13-15,28H2,(H,30,32)/t21-,24-/m0/s1. The SMILES string of the molecule is N[C@@H](Cc1ccccc1)C(=O)N[C@@H]1N=C(c2ccccc2F)c2cccc3c2N(CC3)C1=O. The molecular weight excluding hydrogens is 419 g/mol. The summed E-state index contributed by atoms with van der Waals surface area (Å²) in [6.45, 7) is 0.480. The summed E-state index contributed by atoms with van der Waals surface area (Å²) in [5, 5.41) is 2.71. The van der Waals surface area contributed by atoms with E-state index in [2.05, 4.69) is 10.3 Å². The Morgan fingerprint density at radius 1 is 1.06 bits per heavy atom. The van der Waals surface area contributed by atoms with Gasteiger partial charge in [0.25, 0.3) is 5.91 Å². The molecule has 2 atom stereocenters. The Labute approximate surface area is 190 Å². The van der Waals surface area contributed by atoms with E-state index in [0.717, 1.165) is 16.8 Å². The number of nitrogens with one attached hydrogen (secondary N) is 1. The number of hydrogen-bond acceptors (Lipinski definition) is 4. The van der Waals surface area contributed by atoms with Crippen LogP contribution in [0.1, 0.15) is 22.3 Å². The summed E-state index contributed by atoms with van der Waals surface area (Å²) in [5.74, 6) is -1.29. The van der Waals surface area contributed by atoms with Gasteiger partial charge in [-0.25, -0.2) is 9.38 Å². The minimum absolute atomic E-state index is 0.278. The number of carbonyl (C=O) groups excluding carboxylic acids is 2. The van der Waals surface area contributed by atoms with E-state index in [0.29, 0.717) is 30.7 Å². The fourth-order valence-corrected chi connectivity index (χ4v) is 4.43. The molecule has 2 heterocycles. The highest BCUT2D eigenvalue weighted by Gasteiger charge is 2.37. The largest absolute Gasteiger partial charge is 0.325 e. The van der Waals surface area contributed by atoms with Gasteiger partial charge in [-0.05, 0) is 36.1 Å². The molecule has 0 unspecified atom stereocenters. The number of carbonyl (C=O) groups is 2. The van der Waals surface area contributed by atoms with Crippen LogP contribution in [0.3, 0.4) is 0 Å². The number of hydrogen-bond donors (Lipinski definition) is 2. The molecule has 166 valence electrons. The van der Waals surface area contributed by atoms with Crippen molar-refractivity contribution in [3.05, 3.63) is 101 Å². The van der Waals surface area contributed by atoms with E-state index in [4.69, 9.17) is 5.73 Å². The van der Waals surface area contributed by atoms with E-state index >= 15 is 0 Å². The summed E-state index contributed by atoms with van der Waals surface area (Å²) in [4.78, 5) is 32.6. The second kappa shape index (κ2) is 8.60. The van der Waals surface area contributed by atoms with Crippen molar-refractivity contribution >= 4 is 23.2 Å². The highest BCUT2D eigenvalue weighted by atomic mass is 19.1. The molecule has 6 nitrogen and oxygen atoms in total. The normalized spacial score (nSPS) is 17.8. The van der Waals surface area contributed by atoms with Crippen LogP contribution in [-0.4, -0.2) is 36.3 Å². The van der Waals surface area contributed by atoms with Crippen molar-refractivity contribution in [2.24, 2.45) is 10.7 Å². The summed E-state index contributed by atoms with van der Waals surface area (Å²) < 4.78 is 14.8. The summed E-state index contributed by atoms with van der Waals surface area (Å²) in [7, 11) is 0. The number of anilines is 1. The van der Waals surface area contributed by atoms with Crippen LogP contribution in [0.25, 0.3) is 0 Å². The molecule has 2 aliphatic rings. The minimum Gasteiger partial charge on any atom is -0.325 e. The second-order valence-corrected chi connectivity index (χ2v) is 8.22. The smallest absolute Gasteiger partial charge is 0.272 e. The van der Waals surface area contributed by atoms with Crippen molar-refractivity contribution in [1.29, 1.82) is 0 Å². The van der Waals surface area contributed by atoms with Crippen molar-refractivity contribution < 1.29 is 14.0 Å². The van der Waals surface area contributed by atoms with Gasteiger partial charge >= 0.3 is 0 Å². The van der Waals surface area contributed by atoms with Crippen molar-refractivity contribution in [1.82, 2.24) is 5.32 Å². The van der Waals surface area contributed by atoms with Crippen LogP contribution in [0, 0.1) is 5.82 Å². The molecular formula is C26H23FN4O2. The Bertz CT molecular complexity index is 1260. The number of halogens is 1. The molecule has 33 heavy (non-hydrogen) atoms. The third-order valence-corrected chi connectivity index (χ3v) is 6.05. The zero-order valence-electron chi connectivity index (χ0n) is 17.9. The topological polar surface area (TPSA) is 87.8 Å². The molecule has 0 saturated carbocycles. The van der Waals surface area contributed by atoms with E-state index < -0.39 is 23.9 Å². The van der Waals surface area contributed by atoms with Crippen LogP contribution in [0.4, 0.5) is 10.1 Å². The Hall–Kier alpha value is -3.84. The van der Waals surface area contributed by atoms with Gasteiger partial charge in [-0.15, -0.1) is 0 Å². The van der Waals surface area contributed by atoms with Gasteiger partial charge in [-0.3, -0.25) is 9.59 Å². The Balaban J connectivity index is 1.51. The third-order valence-electron chi connectivity index (χ3n) is 6.05. The maximum Gasteiger partial charge on any atom is 0.272 e. The van der Waals surface area contributed by atoms with E-state index in [1.165, 1.54) is 6.07 Å². The Morgan fingerprint density at radius 3 is 2.58 bits per heavy atom. The van der Waals surface area contributed by atoms with Crippen molar-refractivity contribution in [3.8, 4) is 0 Å². The predicted octanol–water partition coefficient (Wildman–Crippen LogP) is 2.58. The molecule has 5 rings (SSSR count). The summed E-state index contributed by atoms with van der Waals surface area (Å²) in [6.07, 6.45) is -0.188. The van der Waals surface area contributed by atoms with Crippen LogP contribution < -0.4 is 16.0 Å². The molecule has 2 amide bonds. The third kappa shape index (κ3) is 3.91. The highest BCUT2D eigenvalue weighted by Crippen LogP contribution is 2.36. The molecule has 0 aromatic heterocycles. The number of nitrogens with two attached hydrogens (primary N) is 1. The van der Waals surface area contributed by atoms with Gasteiger partial charge in [0.2, 0.25) is 12.1 Å². The molecule has 3 aromatic rings. The maximum atomic E-state index is 14.8. The first-order chi connectivity index (χ1) is 16.0. The van der Waals surface area contributed by atoms with Gasteiger partial charge in [0.1, 0.15) is 5.82 Å². The van der Waals surface area contributed by atoms with Crippen molar-refractivity contribution in [2.45, 2.75) is 25.0 Å². The molecule has 0 aliphatic carbocycles. The van der Waals surface area contributed by atoms with E-state index in [1.54, 1.807) is 23.1 Å². The molecule has 0 fully saturated rings. The van der Waals surface area contributed by atoms with Crippen molar-refractivity contribution in [2.75, 3.05) is 11.4 Å². The fraction of sp³-hybridized carbons (Fsp3) is 0.192. The molecule has 7 heteroatoms. The first-order valence-electron chi connectivity index (χ1n) is 10.9. The van der Waals surface area contributed by atoms with Gasteiger partial charge < -0.3 is 16.0 Å². The molecule has 0 bridgehead atoms. The first-order valence-corrected chi connectivity index (χ1v) is 10.9. The second-order valence-electron chi connectivity index (χ2n) is 8.22. The summed E-state index contributed by atoms with van der Waals surface area (Å²) in [5.41, 5.74) is 10.1. The highest BCUT2D eigenvalue weighted by molar-refractivity contribution is 6.21. The van der Waals surface area contributed by atoms with Crippen LogP contribution in [0.5, 0.6) is 0 Å². The molecule has 3 N–H and O–H groups in total. The lowest BCUT2D eigenvalue weighted by molar-refractivity contribution is -0.128. The Morgan fingerprint density at radius 2 is 1.79 bits per heavy atom. The average molecular weight is 442 g/mol. The zero-order chi connectivity index (χ0) is 22.9. The van der Waals surface area contributed by atoms with Crippen LogP contribution >= 0.6 is 0 Å². The summed E-state index contributed by atoms with van der Waals surface area (Å²) in [6, 6.07) is 20.5. The average Bonchev–Trinajstić information content (AvgIpc) is 3.22. The Kier molecular flexibility index (Phi) is 5.48. The lowest BCUT2D eigenvalue weighted by atomic mass is 9.98. The number of para-hydroxylation sites is 1. The maximum absolute atomic E-state index is 14.8. The lowest BCUT2D eigenvalue weighted by Gasteiger charge is -2.22. The van der Waals surface area contributed by atoms with Gasteiger partial charge in [0, 0.05) is 17.7 Å². The monoisotopic (exact) mass is 442 g/mol. The molecule has 0 spiro atoms. The number of benzene rings is 3. The van der Waals surface area contributed by atoms with E-state index in [1.807, 2.05) is 48.5 Å². The predicted molar refractivity (Wildman–Crippen MR) is 125 cm³/mol. The molecule has 2 aliphatic heterocycles. The fourth-order valence-electron chi connectivity index (χ4n) is 4.43. The van der Waals surface area contributed by atoms with Gasteiger partial charge in [0.05, 0.1) is 17.4 Å². The number of nitrogens with zero attached hydrogens (tertiary/aromatic N) is 2. The van der Waals surface area contributed by atoms with Gasteiger partial charge in [0.15, 0.2) is 0 Å². The molecule has 0 saturated heterocycles. The summed E-state index contributed by atoms with van der Waals surface area (Å²) >= 11 is 0. The zero-order valence-corrected chi connectivity index (χ0v) is 17.9. The number of amides is 2. The van der Waals surface area contributed by atoms with Crippen LogP contribution in [0.2, 0.25) is 0 Å². The molecule has 3 aromatic carbocycles. The van der Waals surface area contributed by atoms with Crippen molar-refractivity contribution in [3.63, 3.8) is 0 Å². The van der Waals surface area contributed by atoms with Gasteiger partial charge in [-0.2, -0.15) is 0 Å². The van der Waals surface area contributed by atoms with E-state index in [-0.39, 0.29) is 11.5 Å². The minimum atomic E-state index is -1.20. The first kappa shape index (κ1) is 21.0. The quantitative estimate of drug-likeness (QED) is 0.637. The molecule has 0 radical (unpaired) electrons. The van der Waals surface area contributed by atoms with Crippen LogP contribution in [-0.2, 0) is 22.4 Å². The van der Waals surface area contributed by atoms with E-state index in [9.17, 15) is 14.0 Å². The lowest BCUT2D eigenvalue weighted by Crippen LogP contribution is -2.52.